The van der Waals surface area contributed by atoms with Crippen LogP contribution in [0.4, 0.5) is 18.9 Å². The highest BCUT2D eigenvalue weighted by molar-refractivity contribution is 7.18. The van der Waals surface area contributed by atoms with Gasteiger partial charge in [-0.1, -0.05) is 17.7 Å². The smallest absolute Gasteiger partial charge is 0.261 e. The maximum Gasteiger partial charge on any atom is 0.261 e. The molecule has 0 aliphatic heterocycles. The summed E-state index contributed by atoms with van der Waals surface area (Å²) in [7, 11) is 0. The number of nitrogens with one attached hydrogen (secondary N) is 2. The molecule has 1 aromatic carbocycles. The van der Waals surface area contributed by atoms with Gasteiger partial charge < -0.3 is 15.4 Å². The molecule has 1 fully saturated rings. The van der Waals surface area contributed by atoms with Gasteiger partial charge >= 0.3 is 0 Å². The molecule has 3 atom stereocenters. The quantitative estimate of drug-likeness (QED) is 0.441. The monoisotopic (exact) mass is 539 g/mol. The van der Waals surface area contributed by atoms with Gasteiger partial charge in [0.2, 0.25) is 5.91 Å². The van der Waals surface area contributed by atoms with Gasteiger partial charge in [-0.3, -0.25) is 19.0 Å². The van der Waals surface area contributed by atoms with Gasteiger partial charge in [-0.25, -0.2) is 13.2 Å². The molecule has 0 radical (unpaired) electrons. The van der Waals surface area contributed by atoms with Crippen LogP contribution in [-0.2, 0) is 9.53 Å². The summed E-state index contributed by atoms with van der Waals surface area (Å²) in [4.78, 5) is 37.7. The number of rotatable bonds is 8. The van der Waals surface area contributed by atoms with Gasteiger partial charge in [0.25, 0.3) is 17.9 Å². The summed E-state index contributed by atoms with van der Waals surface area (Å²) < 4.78 is 47.2. The topological polar surface area (TPSA) is 89.4 Å². The van der Waals surface area contributed by atoms with E-state index >= 15 is 0 Å². The summed E-state index contributed by atoms with van der Waals surface area (Å²) in [5, 5.41) is 5.24. The fourth-order valence-electron chi connectivity index (χ4n) is 4.05. The van der Waals surface area contributed by atoms with E-state index in [4.69, 9.17) is 16.3 Å². The average Bonchev–Trinajstić information content (AvgIpc) is 3.45. The van der Waals surface area contributed by atoms with Crippen molar-refractivity contribution in [2.75, 3.05) is 11.9 Å². The Bertz CT molecular complexity index is 1320. The van der Waals surface area contributed by atoms with E-state index in [9.17, 15) is 27.6 Å². The van der Waals surface area contributed by atoms with Gasteiger partial charge in [-0.05, 0) is 43.2 Å². The van der Waals surface area contributed by atoms with Gasteiger partial charge in [-0.15, -0.1) is 11.3 Å². The normalized spacial score (nSPS) is 19.4. The second kappa shape index (κ2) is 11.3. The van der Waals surface area contributed by atoms with Crippen LogP contribution in [-0.4, -0.2) is 41.6 Å². The van der Waals surface area contributed by atoms with Crippen LogP contribution in [0.1, 0.15) is 22.5 Å². The van der Waals surface area contributed by atoms with E-state index in [1.54, 1.807) is 18.2 Å². The number of alkyl halides is 2. The van der Waals surface area contributed by atoms with Gasteiger partial charge in [0.15, 0.2) is 0 Å². The van der Waals surface area contributed by atoms with Crippen molar-refractivity contribution < 1.29 is 27.5 Å². The van der Waals surface area contributed by atoms with E-state index in [2.05, 4.69) is 10.6 Å². The van der Waals surface area contributed by atoms with Crippen molar-refractivity contribution in [3.8, 4) is 5.69 Å². The lowest BCUT2D eigenvalue weighted by atomic mass is 10.1. The molecule has 1 saturated carbocycles. The fraction of sp³-hybridized carbons (Fsp3) is 0.292. The van der Waals surface area contributed by atoms with Crippen LogP contribution < -0.4 is 16.2 Å². The van der Waals surface area contributed by atoms with Crippen molar-refractivity contribution in [2.24, 2.45) is 5.92 Å². The standard InChI is InChI=1S/C24H21ClF3N3O4S/c25-20-7-6-19(36-20)24(34)30-17-9-13(10-18(17)35-12-21(27)28)23(33)29-16-5-4-14(11-15(16)26)31-8-2-1-3-22(31)32/h1-8,11,13,17-18,21H,9-10,12H2,(H,29,33)(H,30,34)/t13-,17-,18-/m0/s1. The number of hydrogen-bond acceptors (Lipinski definition) is 5. The maximum atomic E-state index is 14.7. The highest BCUT2D eigenvalue weighted by Gasteiger charge is 2.40. The van der Waals surface area contributed by atoms with E-state index in [0.717, 1.165) is 17.4 Å². The molecule has 2 N–H and O–H groups in total. The molecule has 3 aromatic rings. The van der Waals surface area contributed by atoms with E-state index in [-0.39, 0.29) is 29.8 Å². The van der Waals surface area contributed by atoms with Crippen LogP contribution in [0.5, 0.6) is 0 Å². The molecule has 0 spiro atoms. The first-order valence-corrected chi connectivity index (χ1v) is 12.1. The Balaban J connectivity index is 1.45. The lowest BCUT2D eigenvalue weighted by Crippen LogP contribution is -2.41. The summed E-state index contributed by atoms with van der Waals surface area (Å²) >= 11 is 6.93. The zero-order valence-corrected chi connectivity index (χ0v) is 20.2. The Morgan fingerprint density at radius 2 is 1.97 bits per heavy atom. The lowest BCUT2D eigenvalue weighted by molar-refractivity contribution is -0.120. The predicted octanol–water partition coefficient (Wildman–Crippen LogP) is 4.49. The summed E-state index contributed by atoms with van der Waals surface area (Å²) in [5.41, 5.74) is -0.153. The molecule has 0 bridgehead atoms. The number of carbonyl (C=O) groups is 2. The molecule has 2 amide bonds. The number of anilines is 1. The van der Waals surface area contributed by atoms with Gasteiger partial charge in [0.05, 0.1) is 32.7 Å². The number of halogens is 4. The highest BCUT2D eigenvalue weighted by atomic mass is 35.5. The van der Waals surface area contributed by atoms with Crippen molar-refractivity contribution in [3.63, 3.8) is 0 Å². The molecule has 1 aliphatic rings. The van der Waals surface area contributed by atoms with Crippen molar-refractivity contribution in [3.05, 3.63) is 80.1 Å². The molecule has 1 aliphatic carbocycles. The van der Waals surface area contributed by atoms with Crippen LogP contribution in [0.2, 0.25) is 4.34 Å². The Morgan fingerprint density at radius 1 is 1.17 bits per heavy atom. The van der Waals surface area contributed by atoms with Crippen LogP contribution in [0.3, 0.4) is 0 Å². The molecule has 0 unspecified atom stereocenters. The second-order valence-corrected chi connectivity index (χ2v) is 9.89. The second-order valence-electron chi connectivity index (χ2n) is 8.18. The Morgan fingerprint density at radius 3 is 2.64 bits per heavy atom. The number of carbonyl (C=O) groups excluding carboxylic acids is 2. The zero-order valence-electron chi connectivity index (χ0n) is 18.6. The Labute approximate surface area is 212 Å². The number of ether oxygens (including phenoxy) is 1. The van der Waals surface area contributed by atoms with Gasteiger partial charge in [0.1, 0.15) is 12.4 Å². The number of aromatic nitrogens is 1. The molecule has 36 heavy (non-hydrogen) atoms. The van der Waals surface area contributed by atoms with Crippen LogP contribution in [0, 0.1) is 11.7 Å². The van der Waals surface area contributed by atoms with E-state index in [1.807, 2.05) is 0 Å². The number of hydrogen-bond donors (Lipinski definition) is 2. The largest absolute Gasteiger partial charge is 0.370 e. The molecule has 12 heteroatoms. The predicted molar refractivity (Wildman–Crippen MR) is 130 cm³/mol. The van der Waals surface area contributed by atoms with Crippen molar-refractivity contribution in [2.45, 2.75) is 31.4 Å². The third-order valence-electron chi connectivity index (χ3n) is 5.74. The van der Waals surface area contributed by atoms with Crippen LogP contribution in [0.15, 0.2) is 59.5 Å². The summed E-state index contributed by atoms with van der Waals surface area (Å²) in [5.74, 6) is -2.47. The summed E-state index contributed by atoms with van der Waals surface area (Å²) in [6.45, 7) is -0.842. The molecular formula is C24H21ClF3N3O4S. The third kappa shape index (κ3) is 6.15. The highest BCUT2D eigenvalue weighted by Crippen LogP contribution is 2.31. The Hall–Kier alpha value is -3.15. The SMILES string of the molecule is O=C(N[C@H]1C[C@H](C(=O)Nc2ccc(-n3ccccc3=O)cc2F)C[C@@H]1OCC(F)F)c1ccc(Cl)s1. The van der Waals surface area contributed by atoms with Crippen LogP contribution in [0.25, 0.3) is 5.69 Å². The number of pyridine rings is 1. The number of thiophene rings is 1. The molecule has 190 valence electrons. The molecule has 0 saturated heterocycles. The zero-order chi connectivity index (χ0) is 25.8. The number of nitrogens with zero attached hydrogens (tertiary/aromatic N) is 1. The van der Waals surface area contributed by atoms with Gasteiger partial charge in [-0.2, -0.15) is 0 Å². The molecule has 2 heterocycles. The first-order chi connectivity index (χ1) is 17.2. The number of amides is 2. The van der Waals surface area contributed by atoms with Crippen molar-refractivity contribution in [1.82, 2.24) is 9.88 Å². The van der Waals surface area contributed by atoms with E-state index in [0.29, 0.717) is 9.21 Å². The summed E-state index contributed by atoms with van der Waals surface area (Å²) in [6.07, 6.45) is -1.87. The fourth-order valence-corrected chi connectivity index (χ4v) is 5.00. The molecular weight excluding hydrogens is 519 g/mol. The van der Waals surface area contributed by atoms with Crippen LogP contribution >= 0.6 is 22.9 Å². The minimum atomic E-state index is -2.71. The maximum absolute atomic E-state index is 14.7. The third-order valence-corrected chi connectivity index (χ3v) is 6.97. The average molecular weight is 540 g/mol. The minimum absolute atomic E-state index is 0.0633. The lowest BCUT2D eigenvalue weighted by Gasteiger charge is -2.20. The van der Waals surface area contributed by atoms with Gasteiger partial charge in [0, 0.05) is 24.2 Å². The minimum Gasteiger partial charge on any atom is -0.370 e. The van der Waals surface area contributed by atoms with Crippen molar-refractivity contribution >= 4 is 40.4 Å². The van der Waals surface area contributed by atoms with E-state index in [1.165, 1.54) is 35.0 Å². The van der Waals surface area contributed by atoms with Crippen molar-refractivity contribution in [1.29, 1.82) is 0 Å². The molecule has 2 aromatic heterocycles. The molecule has 4 rings (SSSR count). The molecule has 7 nitrogen and oxygen atoms in total. The summed E-state index contributed by atoms with van der Waals surface area (Å²) in [6, 6.07) is 10.9. The Kier molecular flexibility index (Phi) is 8.12. The first-order valence-electron chi connectivity index (χ1n) is 11.0. The van der Waals surface area contributed by atoms with E-state index < -0.39 is 48.7 Å². The first kappa shape index (κ1) is 25.9. The number of benzene rings is 1.